The summed E-state index contributed by atoms with van der Waals surface area (Å²) < 4.78 is 0. The quantitative estimate of drug-likeness (QED) is 0.561. The molecule has 62 valence electrons. The number of ketones is 1. The zero-order valence-electron chi connectivity index (χ0n) is 7.18. The summed E-state index contributed by atoms with van der Waals surface area (Å²) in [6.45, 7) is 8.64. The Balaban J connectivity index is 0. The van der Waals surface area contributed by atoms with E-state index >= 15 is 0 Å². The van der Waals surface area contributed by atoms with Crippen molar-refractivity contribution in [3.05, 3.63) is 0 Å². The SMILES string of the molecule is CCC(=O)CN(CC)CC.[NaH]. The minimum absolute atomic E-state index is 0. The van der Waals surface area contributed by atoms with Crippen LogP contribution >= 0.6 is 0 Å². The van der Waals surface area contributed by atoms with Gasteiger partial charge in [0.05, 0.1) is 6.54 Å². The number of hydrogen-bond acceptors (Lipinski definition) is 2. The third-order valence-corrected chi connectivity index (χ3v) is 1.69. The molecule has 0 aliphatic rings. The molecule has 0 saturated carbocycles. The number of hydrogen-bond donors (Lipinski definition) is 0. The Bertz CT molecular complexity index is 102. The van der Waals surface area contributed by atoms with Crippen molar-refractivity contribution < 1.29 is 4.79 Å². The third kappa shape index (κ3) is 7.01. The van der Waals surface area contributed by atoms with Crippen molar-refractivity contribution in [3.63, 3.8) is 0 Å². The molecule has 0 aromatic rings. The number of likely N-dealkylation sites (N-methyl/N-ethyl adjacent to an activating group) is 1. The summed E-state index contributed by atoms with van der Waals surface area (Å²) in [6.07, 6.45) is 0.663. The normalized spacial score (nSPS) is 9.45. The van der Waals surface area contributed by atoms with Crippen molar-refractivity contribution >= 4 is 35.3 Å². The summed E-state index contributed by atoms with van der Waals surface area (Å²) in [4.78, 5) is 13.0. The minimum atomic E-state index is 0. The Kier molecular flexibility index (Phi) is 11.2. The second kappa shape index (κ2) is 8.72. The molecule has 0 fully saturated rings. The van der Waals surface area contributed by atoms with Crippen LogP contribution < -0.4 is 0 Å². The van der Waals surface area contributed by atoms with Crippen molar-refractivity contribution in [2.45, 2.75) is 27.2 Å². The van der Waals surface area contributed by atoms with Crippen LogP contribution in [0, 0.1) is 0 Å². The summed E-state index contributed by atoms with van der Waals surface area (Å²) in [6, 6.07) is 0. The first-order valence-electron chi connectivity index (χ1n) is 3.98. The number of nitrogens with zero attached hydrogens (tertiary/aromatic N) is 1. The second-order valence-corrected chi connectivity index (χ2v) is 2.35. The average molecular weight is 167 g/mol. The number of carbonyl (C=O) groups excluding carboxylic acids is 1. The van der Waals surface area contributed by atoms with Crippen molar-refractivity contribution in [3.8, 4) is 0 Å². The Labute approximate surface area is 91.6 Å². The molecular weight excluding hydrogens is 149 g/mol. The van der Waals surface area contributed by atoms with E-state index in [-0.39, 0.29) is 29.6 Å². The van der Waals surface area contributed by atoms with Gasteiger partial charge in [-0.1, -0.05) is 20.8 Å². The molecular formula is C8H18NNaO. The summed E-state index contributed by atoms with van der Waals surface area (Å²) in [5.41, 5.74) is 0. The molecule has 3 heteroatoms. The molecule has 0 rings (SSSR count). The van der Waals surface area contributed by atoms with E-state index in [0.717, 1.165) is 13.1 Å². The van der Waals surface area contributed by atoms with Crippen LogP contribution in [0.5, 0.6) is 0 Å². The van der Waals surface area contributed by atoms with Gasteiger partial charge in [-0.05, 0) is 13.1 Å². The monoisotopic (exact) mass is 167 g/mol. The summed E-state index contributed by atoms with van der Waals surface area (Å²) in [5, 5.41) is 0. The molecule has 0 bridgehead atoms. The van der Waals surface area contributed by atoms with E-state index < -0.39 is 0 Å². The Hall–Kier alpha value is 0.630. The maximum absolute atomic E-state index is 10.9. The zero-order chi connectivity index (χ0) is 7.98. The molecule has 0 aliphatic heterocycles. The molecule has 0 atom stereocenters. The number of rotatable bonds is 5. The zero-order valence-corrected chi connectivity index (χ0v) is 7.18. The topological polar surface area (TPSA) is 20.3 Å². The van der Waals surface area contributed by atoms with Crippen molar-refractivity contribution in [2.24, 2.45) is 0 Å². The first-order valence-corrected chi connectivity index (χ1v) is 3.98. The first kappa shape index (κ1) is 14.2. The van der Waals surface area contributed by atoms with E-state index in [1.54, 1.807) is 0 Å². The van der Waals surface area contributed by atoms with Crippen LogP contribution in [-0.4, -0.2) is 59.9 Å². The molecule has 0 radical (unpaired) electrons. The summed E-state index contributed by atoms with van der Waals surface area (Å²) in [7, 11) is 0. The van der Waals surface area contributed by atoms with Gasteiger partial charge in [0.15, 0.2) is 0 Å². The number of carbonyl (C=O) groups is 1. The Morgan fingerprint density at radius 3 is 1.91 bits per heavy atom. The molecule has 0 unspecified atom stereocenters. The van der Waals surface area contributed by atoms with E-state index in [9.17, 15) is 4.79 Å². The molecule has 0 aromatic heterocycles. The number of Topliss-reactive ketones (excluding diaryl/α,β-unsaturated/α-hetero) is 1. The Morgan fingerprint density at radius 1 is 1.18 bits per heavy atom. The molecule has 0 spiro atoms. The van der Waals surface area contributed by atoms with Gasteiger partial charge in [0, 0.05) is 6.42 Å². The fourth-order valence-electron chi connectivity index (χ4n) is 0.808. The molecule has 0 N–H and O–H groups in total. The van der Waals surface area contributed by atoms with Crippen LogP contribution in [0.2, 0.25) is 0 Å². The second-order valence-electron chi connectivity index (χ2n) is 2.35. The van der Waals surface area contributed by atoms with Gasteiger partial charge in [0.1, 0.15) is 5.78 Å². The predicted molar refractivity (Wildman–Crippen MR) is 50.2 cm³/mol. The van der Waals surface area contributed by atoms with Gasteiger partial charge in [0.25, 0.3) is 0 Å². The predicted octanol–water partition coefficient (Wildman–Crippen LogP) is 0.659. The molecule has 2 nitrogen and oxygen atoms in total. The van der Waals surface area contributed by atoms with Gasteiger partial charge < -0.3 is 0 Å². The van der Waals surface area contributed by atoms with E-state index in [0.29, 0.717) is 18.7 Å². The van der Waals surface area contributed by atoms with Gasteiger partial charge in [-0.15, -0.1) is 0 Å². The fraction of sp³-hybridized carbons (Fsp3) is 0.875. The molecule has 0 amide bonds. The van der Waals surface area contributed by atoms with Crippen LogP contribution in [-0.2, 0) is 4.79 Å². The van der Waals surface area contributed by atoms with E-state index in [1.165, 1.54) is 0 Å². The van der Waals surface area contributed by atoms with E-state index in [2.05, 4.69) is 18.7 Å². The standard InChI is InChI=1S/C8H17NO.Na.H/c1-4-8(10)7-9(5-2)6-3;;/h4-7H2,1-3H3;;. The van der Waals surface area contributed by atoms with Crippen molar-refractivity contribution in [1.29, 1.82) is 0 Å². The molecule has 0 heterocycles. The van der Waals surface area contributed by atoms with Gasteiger partial charge >= 0.3 is 29.6 Å². The van der Waals surface area contributed by atoms with Gasteiger partial charge in [0.2, 0.25) is 0 Å². The van der Waals surface area contributed by atoms with E-state index in [1.807, 2.05) is 6.92 Å². The summed E-state index contributed by atoms with van der Waals surface area (Å²) in [5.74, 6) is 0.337. The van der Waals surface area contributed by atoms with Crippen LogP contribution in [0.1, 0.15) is 27.2 Å². The van der Waals surface area contributed by atoms with Crippen LogP contribution in [0.25, 0.3) is 0 Å². The molecule has 0 saturated heterocycles. The van der Waals surface area contributed by atoms with Crippen molar-refractivity contribution in [1.82, 2.24) is 4.90 Å². The molecule has 0 aromatic carbocycles. The van der Waals surface area contributed by atoms with Gasteiger partial charge in [-0.25, -0.2) is 0 Å². The first-order chi connectivity index (χ1) is 4.74. The van der Waals surface area contributed by atoms with Crippen LogP contribution in [0.3, 0.4) is 0 Å². The molecule has 11 heavy (non-hydrogen) atoms. The Morgan fingerprint density at radius 2 is 1.64 bits per heavy atom. The average Bonchev–Trinajstić information content (AvgIpc) is 1.99. The summed E-state index contributed by atoms with van der Waals surface area (Å²) >= 11 is 0. The third-order valence-electron chi connectivity index (χ3n) is 1.69. The van der Waals surface area contributed by atoms with Crippen molar-refractivity contribution in [2.75, 3.05) is 19.6 Å². The molecule has 0 aliphatic carbocycles. The van der Waals surface area contributed by atoms with E-state index in [4.69, 9.17) is 0 Å². The van der Waals surface area contributed by atoms with Crippen LogP contribution in [0.15, 0.2) is 0 Å². The van der Waals surface area contributed by atoms with Gasteiger partial charge in [-0.2, -0.15) is 0 Å². The fourth-order valence-corrected chi connectivity index (χ4v) is 0.808. The maximum atomic E-state index is 10.9. The van der Waals surface area contributed by atoms with Gasteiger partial charge in [-0.3, -0.25) is 9.69 Å². The van der Waals surface area contributed by atoms with Crippen LogP contribution in [0.4, 0.5) is 0 Å².